The summed E-state index contributed by atoms with van der Waals surface area (Å²) in [7, 11) is 0. The molecule has 200 valence electrons. The van der Waals surface area contributed by atoms with Gasteiger partial charge in [-0.25, -0.2) is 9.69 Å². The van der Waals surface area contributed by atoms with E-state index in [4.69, 9.17) is 19.0 Å². The third-order valence-electron chi connectivity index (χ3n) is 6.44. The molecule has 3 atom stereocenters. The predicted molar refractivity (Wildman–Crippen MR) is 142 cm³/mol. The van der Waals surface area contributed by atoms with Crippen LogP contribution in [0.1, 0.15) is 54.6 Å². The average Bonchev–Trinajstić information content (AvgIpc) is 3.49. The number of furan rings is 1. The van der Waals surface area contributed by atoms with Gasteiger partial charge >= 0.3 is 12.1 Å². The fraction of sp³-hybridized carbons (Fsp3) is 0.345. The van der Waals surface area contributed by atoms with Crippen molar-refractivity contribution < 1.29 is 33.4 Å². The highest BCUT2D eigenvalue weighted by Gasteiger charge is 2.46. The molecule has 0 aliphatic carbocycles. The summed E-state index contributed by atoms with van der Waals surface area (Å²) in [6.07, 6.45) is 0.233. The summed E-state index contributed by atoms with van der Waals surface area (Å²) in [5, 5.41) is 9.13. The monoisotopic (exact) mass is 583 g/mol. The second-order valence-corrected chi connectivity index (χ2v) is 9.99. The number of amides is 2. The summed E-state index contributed by atoms with van der Waals surface area (Å²) in [6, 6.07) is 19.6. The van der Waals surface area contributed by atoms with Gasteiger partial charge in [0.1, 0.15) is 24.2 Å². The number of cyclic esters (lactones) is 1. The molecule has 0 radical (unpaired) electrons. The van der Waals surface area contributed by atoms with Gasteiger partial charge < -0.3 is 19.0 Å². The topological polar surface area (TPSA) is 106 Å². The highest BCUT2D eigenvalue weighted by molar-refractivity contribution is 9.10. The molecule has 0 bridgehead atoms. The molecule has 8 nitrogen and oxygen atoms in total. The fourth-order valence-electron chi connectivity index (χ4n) is 4.61. The first-order valence-electron chi connectivity index (χ1n) is 12.5. The van der Waals surface area contributed by atoms with Crippen molar-refractivity contribution >= 4 is 33.9 Å². The maximum atomic E-state index is 14.2. The molecule has 38 heavy (non-hydrogen) atoms. The van der Waals surface area contributed by atoms with E-state index in [9.17, 15) is 14.4 Å². The Morgan fingerprint density at radius 3 is 2.45 bits per heavy atom. The number of carbonyl (C=O) groups excluding carboxylic acids is 3. The number of aliphatic hydroxyl groups is 1. The molecule has 9 heteroatoms. The number of ether oxygens (including phenoxy) is 2. The number of nitrogens with zero attached hydrogens (tertiary/aromatic N) is 1. The highest BCUT2D eigenvalue weighted by Crippen LogP contribution is 2.38. The van der Waals surface area contributed by atoms with Gasteiger partial charge in [-0.3, -0.25) is 9.59 Å². The van der Waals surface area contributed by atoms with E-state index in [0.29, 0.717) is 35.3 Å². The molecule has 1 N–H and O–H groups in total. The first-order chi connectivity index (χ1) is 18.4. The van der Waals surface area contributed by atoms with Gasteiger partial charge in [-0.1, -0.05) is 60.7 Å². The van der Waals surface area contributed by atoms with Crippen LogP contribution >= 0.6 is 15.9 Å². The molecule has 1 fully saturated rings. The van der Waals surface area contributed by atoms with Gasteiger partial charge in [0, 0.05) is 20.0 Å². The minimum absolute atomic E-state index is 0.0339. The highest BCUT2D eigenvalue weighted by atomic mass is 79.9. The number of carbonyl (C=O) groups is 3. The maximum Gasteiger partial charge on any atom is 0.417 e. The largest absolute Gasteiger partial charge is 0.461 e. The lowest BCUT2D eigenvalue weighted by atomic mass is 9.90. The molecule has 1 aliphatic heterocycles. The Labute approximate surface area is 229 Å². The van der Waals surface area contributed by atoms with E-state index in [-0.39, 0.29) is 19.6 Å². The zero-order valence-corrected chi connectivity index (χ0v) is 22.6. The number of aliphatic hydroxyl groups excluding tert-OH is 1. The van der Waals surface area contributed by atoms with E-state index in [1.807, 2.05) is 60.7 Å². The average molecular weight is 584 g/mol. The van der Waals surface area contributed by atoms with E-state index >= 15 is 0 Å². The van der Waals surface area contributed by atoms with Crippen molar-refractivity contribution in [1.29, 1.82) is 0 Å². The number of hydrogen-bond acceptors (Lipinski definition) is 7. The van der Waals surface area contributed by atoms with Crippen molar-refractivity contribution in [2.45, 2.75) is 44.8 Å². The van der Waals surface area contributed by atoms with Crippen molar-refractivity contribution in [2.75, 3.05) is 13.2 Å². The Kier molecular flexibility index (Phi) is 9.36. The molecule has 1 saturated heterocycles. The van der Waals surface area contributed by atoms with Crippen molar-refractivity contribution in [1.82, 2.24) is 4.90 Å². The van der Waals surface area contributed by atoms with Crippen molar-refractivity contribution in [2.24, 2.45) is 5.92 Å². The lowest BCUT2D eigenvalue weighted by molar-refractivity contribution is -0.155. The number of esters is 1. The molecule has 1 aliphatic rings. The number of unbranched alkanes of at least 4 members (excludes halogenated alkanes) is 1. The number of imide groups is 1. The summed E-state index contributed by atoms with van der Waals surface area (Å²) >= 11 is 3.51. The van der Waals surface area contributed by atoms with Crippen molar-refractivity contribution in [3.8, 4) is 0 Å². The lowest BCUT2D eigenvalue weighted by Crippen LogP contribution is -2.42. The van der Waals surface area contributed by atoms with E-state index in [2.05, 4.69) is 15.9 Å². The number of rotatable bonds is 11. The molecule has 0 unspecified atom stereocenters. The molecular formula is C29H30BrNO7. The van der Waals surface area contributed by atoms with Crippen molar-refractivity contribution in [3.63, 3.8) is 0 Å². The lowest BCUT2D eigenvalue weighted by Gasteiger charge is -2.29. The summed E-state index contributed by atoms with van der Waals surface area (Å²) in [4.78, 5) is 40.4. The fourth-order valence-corrected chi connectivity index (χ4v) is 5.11. The van der Waals surface area contributed by atoms with E-state index < -0.39 is 36.0 Å². The summed E-state index contributed by atoms with van der Waals surface area (Å²) < 4.78 is 17.8. The zero-order valence-electron chi connectivity index (χ0n) is 21.0. The molecule has 2 aromatic carbocycles. The normalized spacial score (nSPS) is 16.7. The van der Waals surface area contributed by atoms with Gasteiger partial charge in [-0.2, -0.15) is 0 Å². The second-order valence-electron chi connectivity index (χ2n) is 9.14. The van der Waals surface area contributed by atoms with Gasteiger partial charge in [0.15, 0.2) is 6.10 Å². The molecule has 2 heterocycles. The van der Waals surface area contributed by atoms with Crippen LogP contribution < -0.4 is 0 Å². The number of hydrogen-bond donors (Lipinski definition) is 1. The Hall–Kier alpha value is -3.43. The van der Waals surface area contributed by atoms with E-state index in [0.717, 1.165) is 16.0 Å². The van der Waals surface area contributed by atoms with Crippen LogP contribution in [0.2, 0.25) is 0 Å². The van der Waals surface area contributed by atoms with Gasteiger partial charge in [0.25, 0.3) is 0 Å². The van der Waals surface area contributed by atoms with Crippen LogP contribution in [0.25, 0.3) is 0 Å². The third kappa shape index (κ3) is 6.52. The Morgan fingerprint density at radius 2 is 1.79 bits per heavy atom. The molecule has 0 saturated carbocycles. The SMILES string of the molecule is CC(=O)O[C@@H](c1cc(Br)c(CCCCO)o1)[C@H](Cc1ccccc1)C(=O)N1C(=O)OC[C@H]1c1ccccc1. The summed E-state index contributed by atoms with van der Waals surface area (Å²) in [5.74, 6) is -1.16. The minimum atomic E-state index is -1.09. The second kappa shape index (κ2) is 12.9. The summed E-state index contributed by atoms with van der Waals surface area (Å²) in [5.41, 5.74) is 1.60. The number of benzene rings is 2. The molecule has 0 spiro atoms. The van der Waals surface area contributed by atoms with Crippen LogP contribution in [0.5, 0.6) is 0 Å². The quantitative estimate of drug-likeness (QED) is 0.233. The van der Waals surface area contributed by atoms with Crippen LogP contribution in [-0.2, 0) is 31.9 Å². The molecule has 3 aromatic rings. The Balaban J connectivity index is 1.73. The molecule has 1 aromatic heterocycles. The van der Waals surface area contributed by atoms with Crippen LogP contribution in [-0.4, -0.2) is 41.2 Å². The molecule has 4 rings (SSSR count). The first kappa shape index (κ1) is 27.6. The minimum Gasteiger partial charge on any atom is -0.461 e. The molecule has 2 amide bonds. The van der Waals surface area contributed by atoms with Gasteiger partial charge in [0.2, 0.25) is 5.91 Å². The maximum absolute atomic E-state index is 14.2. The van der Waals surface area contributed by atoms with Crippen LogP contribution in [0.3, 0.4) is 0 Å². The number of halogens is 1. The zero-order chi connectivity index (χ0) is 27.1. The van der Waals surface area contributed by atoms with Gasteiger partial charge in [0.05, 0.1) is 10.4 Å². The Morgan fingerprint density at radius 1 is 1.11 bits per heavy atom. The third-order valence-corrected chi connectivity index (χ3v) is 7.11. The smallest absolute Gasteiger partial charge is 0.417 e. The van der Waals surface area contributed by atoms with Crippen LogP contribution in [0.4, 0.5) is 4.79 Å². The van der Waals surface area contributed by atoms with Crippen molar-refractivity contribution in [3.05, 3.63) is 93.9 Å². The van der Waals surface area contributed by atoms with Gasteiger partial charge in [-0.05, 0) is 52.4 Å². The van der Waals surface area contributed by atoms with E-state index in [1.165, 1.54) is 6.92 Å². The van der Waals surface area contributed by atoms with E-state index in [1.54, 1.807) is 6.07 Å². The first-order valence-corrected chi connectivity index (χ1v) is 13.3. The standard InChI is InChI=1S/C29H30BrNO7/c1-19(33)37-27(26-17-23(30)25(38-26)14-8-9-15-32)22(16-20-10-4-2-5-11-20)28(34)31-24(18-36-29(31)35)21-12-6-3-7-13-21/h2-7,10-13,17,22,24,27,32H,8-9,14-16,18H2,1H3/t22-,24-,27+/m0/s1. The molecular weight excluding hydrogens is 554 g/mol. The van der Waals surface area contributed by atoms with Crippen LogP contribution in [0, 0.1) is 5.92 Å². The summed E-state index contributed by atoms with van der Waals surface area (Å²) in [6.45, 7) is 1.38. The predicted octanol–water partition coefficient (Wildman–Crippen LogP) is 5.54. The number of aryl methyl sites for hydroxylation is 1. The Bertz CT molecular complexity index is 1240. The van der Waals surface area contributed by atoms with Crippen LogP contribution in [0.15, 0.2) is 75.6 Å². The van der Waals surface area contributed by atoms with Gasteiger partial charge in [-0.15, -0.1) is 0 Å².